The van der Waals surface area contributed by atoms with Gasteiger partial charge in [0.15, 0.2) is 0 Å². The molecule has 0 N–H and O–H groups in total. The number of rotatable bonds is 5. The van der Waals surface area contributed by atoms with Gasteiger partial charge in [-0.3, -0.25) is 0 Å². The molecule has 0 atom stereocenters. The Balaban J connectivity index is 2.42. The maximum Gasteiger partial charge on any atom is 0.524 e. The second kappa shape index (κ2) is 8.97. The van der Waals surface area contributed by atoms with Crippen LogP contribution in [0, 0.1) is 34.0 Å². The summed E-state index contributed by atoms with van der Waals surface area (Å²) in [4.78, 5) is 0.177. The summed E-state index contributed by atoms with van der Waals surface area (Å²) in [6.45, 7) is 0. The number of nitrogens with zero attached hydrogens (tertiary/aromatic N) is 3. The summed E-state index contributed by atoms with van der Waals surface area (Å²) in [5.41, 5.74) is -5.11. The largest absolute Gasteiger partial charge is 0.524 e. The molecule has 166 valence electrons. The molecule has 0 bridgehead atoms. The molecule has 0 aliphatic heterocycles. The Bertz CT molecular complexity index is 1260. The highest BCUT2D eigenvalue weighted by molar-refractivity contribution is 8.33. The first-order valence-electron chi connectivity index (χ1n) is 8.94. The highest BCUT2D eigenvalue weighted by atomic mass is 32.3. The van der Waals surface area contributed by atoms with Crippen molar-refractivity contribution in [3.8, 4) is 18.2 Å². The topological polar surface area (TPSA) is 115 Å². The first kappa shape index (κ1) is 23.8. The molecule has 0 fully saturated rings. The highest BCUT2D eigenvalue weighted by Gasteiger charge is 2.52. The molecular weight excluding hydrogens is 475 g/mol. The minimum Gasteiger partial charge on any atom is -0.200 e. The van der Waals surface area contributed by atoms with Crippen LogP contribution in [0.3, 0.4) is 0 Å². The molecule has 33 heavy (non-hydrogen) atoms. The Morgan fingerprint density at radius 1 is 0.606 bits per heavy atom. The van der Waals surface area contributed by atoms with E-state index >= 15 is 0 Å². The van der Waals surface area contributed by atoms with Gasteiger partial charge in [-0.25, -0.2) is 0 Å². The van der Waals surface area contributed by atoms with E-state index in [0.29, 0.717) is 0 Å². The Hall–Kier alpha value is -3.82. The van der Waals surface area contributed by atoms with Gasteiger partial charge in [0.2, 0.25) is 0 Å². The fourth-order valence-corrected chi connectivity index (χ4v) is 7.56. The number of hydrogen-bond donors (Lipinski definition) is 0. The third-order valence-corrected chi connectivity index (χ3v) is 9.33. The van der Waals surface area contributed by atoms with Gasteiger partial charge in [-0.2, -0.15) is 41.0 Å². The Morgan fingerprint density at radius 3 is 1.09 bits per heavy atom. The molecule has 3 rings (SSSR count). The van der Waals surface area contributed by atoms with Crippen LogP contribution in [0.5, 0.6) is 0 Å². The first-order chi connectivity index (χ1) is 15.6. The molecule has 6 nitrogen and oxygen atoms in total. The van der Waals surface area contributed by atoms with E-state index in [4.69, 9.17) is 19.4 Å². The van der Waals surface area contributed by atoms with Crippen molar-refractivity contribution in [2.24, 2.45) is 0 Å². The molecule has 3 aromatic rings. The molecule has 0 aliphatic rings. The van der Waals surface area contributed by atoms with Gasteiger partial charge in [0, 0.05) is 14.7 Å². The van der Waals surface area contributed by atoms with Gasteiger partial charge in [-0.1, -0.05) is 0 Å². The van der Waals surface area contributed by atoms with Crippen molar-refractivity contribution in [1.29, 1.82) is 15.8 Å². The molecule has 11 heteroatoms. The van der Waals surface area contributed by atoms with E-state index in [9.17, 15) is 21.6 Å². The molecule has 0 aromatic heterocycles. The van der Waals surface area contributed by atoms with Crippen LogP contribution in [0.2, 0.25) is 0 Å². The second-order valence-electron chi connectivity index (χ2n) is 6.43. The summed E-state index contributed by atoms with van der Waals surface area (Å²) < 4.78 is 69.9. The van der Waals surface area contributed by atoms with E-state index in [2.05, 4.69) is 0 Å². The average Bonchev–Trinajstić information content (AvgIpc) is 2.82. The molecule has 0 heterocycles. The van der Waals surface area contributed by atoms with Crippen molar-refractivity contribution in [1.82, 2.24) is 0 Å². The van der Waals surface area contributed by atoms with Gasteiger partial charge < -0.3 is 0 Å². The van der Waals surface area contributed by atoms with E-state index in [1.54, 1.807) is 0 Å². The SMILES string of the molecule is N#Cc1ccc(S(OS(=O)(=O)C(F)(F)F)(c2ccc(C#N)cc2)c2ccc(C#N)cc2)cc1. The Kier molecular flexibility index (Phi) is 6.48. The molecule has 0 spiro atoms. The van der Waals surface area contributed by atoms with Gasteiger partial charge >= 0.3 is 15.6 Å². The molecule has 0 unspecified atom stereocenters. The molecule has 3 aromatic carbocycles. The molecular formula is C22H12F3N3O3S2. The fourth-order valence-electron chi connectivity index (χ4n) is 2.86. The van der Waals surface area contributed by atoms with Crippen LogP contribution in [0.1, 0.15) is 16.7 Å². The Morgan fingerprint density at radius 2 is 0.879 bits per heavy atom. The number of nitriles is 3. The van der Waals surface area contributed by atoms with Crippen molar-refractivity contribution >= 4 is 20.4 Å². The summed E-state index contributed by atoms with van der Waals surface area (Å²) >= 11 is 0. The van der Waals surface area contributed by atoms with E-state index < -0.39 is 25.9 Å². The minimum atomic E-state index is -6.10. The number of benzene rings is 3. The van der Waals surface area contributed by atoms with Gasteiger partial charge in [-0.05, 0) is 83.1 Å². The summed E-state index contributed by atoms with van der Waals surface area (Å²) in [5.74, 6) is 0. The number of hydrogen-bond acceptors (Lipinski definition) is 6. The maximum atomic E-state index is 13.4. The summed E-state index contributed by atoms with van der Waals surface area (Å²) in [5, 5.41) is 27.3. The lowest BCUT2D eigenvalue weighted by Crippen LogP contribution is -2.27. The van der Waals surface area contributed by atoms with E-state index in [-0.39, 0.29) is 31.4 Å². The predicted octanol–water partition coefficient (Wildman–Crippen LogP) is 5.36. The number of alkyl halides is 3. The van der Waals surface area contributed by atoms with Gasteiger partial charge in [0.25, 0.3) is 0 Å². The minimum absolute atomic E-state index is 0.0590. The monoisotopic (exact) mass is 487 g/mol. The predicted molar refractivity (Wildman–Crippen MR) is 112 cm³/mol. The van der Waals surface area contributed by atoms with Crippen LogP contribution in [0.4, 0.5) is 13.2 Å². The molecule has 0 aliphatic carbocycles. The number of halogens is 3. The standard InChI is InChI=1S/C22H12F3N3O3S2/c23-22(24,25)33(29,30)31-32(19-7-1-16(13-26)2-8-19,20-9-3-17(14-27)4-10-20)21-11-5-18(15-28)6-12-21/h1-12H. The summed E-state index contributed by atoms with van der Waals surface area (Å²) in [6.07, 6.45) is 0. The van der Waals surface area contributed by atoms with Crippen LogP contribution in [-0.4, -0.2) is 13.9 Å². The van der Waals surface area contributed by atoms with Gasteiger partial charge in [0.1, 0.15) is 0 Å². The van der Waals surface area contributed by atoms with E-state index in [0.717, 1.165) is 0 Å². The van der Waals surface area contributed by atoms with Crippen LogP contribution in [0.25, 0.3) is 0 Å². The smallest absolute Gasteiger partial charge is 0.200 e. The van der Waals surface area contributed by atoms with Crippen molar-refractivity contribution < 1.29 is 25.2 Å². The lowest BCUT2D eigenvalue weighted by Gasteiger charge is -2.39. The first-order valence-corrected chi connectivity index (χ1v) is 11.9. The van der Waals surface area contributed by atoms with Crippen LogP contribution in [0.15, 0.2) is 87.5 Å². The highest BCUT2D eigenvalue weighted by Crippen LogP contribution is 2.70. The zero-order valence-electron chi connectivity index (χ0n) is 16.4. The molecule has 0 saturated carbocycles. The van der Waals surface area contributed by atoms with Crippen molar-refractivity contribution in [3.63, 3.8) is 0 Å². The van der Waals surface area contributed by atoms with Gasteiger partial charge in [-0.15, -0.1) is 0 Å². The van der Waals surface area contributed by atoms with Crippen molar-refractivity contribution in [3.05, 3.63) is 89.5 Å². The zero-order chi connectivity index (χ0) is 24.3. The average molecular weight is 487 g/mol. The van der Waals surface area contributed by atoms with E-state index in [1.807, 2.05) is 18.2 Å². The lowest BCUT2D eigenvalue weighted by atomic mass is 10.2. The van der Waals surface area contributed by atoms with E-state index in [1.165, 1.54) is 72.8 Å². The third-order valence-electron chi connectivity index (χ3n) is 4.42. The lowest BCUT2D eigenvalue weighted by molar-refractivity contribution is -0.0496. The molecule has 0 saturated heterocycles. The maximum absolute atomic E-state index is 13.4. The third kappa shape index (κ3) is 4.55. The van der Waals surface area contributed by atoms with Crippen LogP contribution in [-0.2, 0) is 13.7 Å². The molecule has 0 radical (unpaired) electrons. The quantitative estimate of drug-likeness (QED) is 0.447. The fraction of sp³-hybridized carbons (Fsp3) is 0.0455. The van der Waals surface area contributed by atoms with Crippen molar-refractivity contribution in [2.45, 2.75) is 20.2 Å². The normalized spacial score (nSPS) is 12.2. The second-order valence-corrected chi connectivity index (χ2v) is 10.9. The van der Waals surface area contributed by atoms with Crippen molar-refractivity contribution in [2.75, 3.05) is 0 Å². The summed E-state index contributed by atoms with van der Waals surface area (Å²) in [6, 6.07) is 21.5. The van der Waals surface area contributed by atoms with Gasteiger partial charge in [0.05, 0.1) is 34.9 Å². The Labute approximate surface area is 189 Å². The molecule has 0 amide bonds. The van der Waals surface area contributed by atoms with Crippen LogP contribution < -0.4 is 0 Å². The van der Waals surface area contributed by atoms with Crippen LogP contribution >= 0.6 is 10.3 Å². The zero-order valence-corrected chi connectivity index (χ0v) is 18.1. The summed E-state index contributed by atoms with van der Waals surface area (Å²) in [7, 11) is -9.69.